The molecule has 34 heavy (non-hydrogen) atoms. The molecule has 2 aromatic carbocycles. The smallest absolute Gasteiger partial charge is 0.253 e. The lowest BCUT2D eigenvalue weighted by molar-refractivity contribution is -0.0346. The number of hydrogen-bond acceptors (Lipinski definition) is 6. The van der Waals surface area contributed by atoms with Crippen LogP contribution in [0, 0.1) is 0 Å². The van der Waals surface area contributed by atoms with Gasteiger partial charge < -0.3 is 10.0 Å². The van der Waals surface area contributed by atoms with E-state index in [1.54, 1.807) is 41.3 Å². The second kappa shape index (κ2) is 9.71. The number of sulfone groups is 1. The van der Waals surface area contributed by atoms with Crippen LogP contribution in [0.25, 0.3) is 11.0 Å². The minimum absolute atomic E-state index is 0.0121. The number of carbonyl (C=O) groups excluding carboxylic acids is 1. The predicted octanol–water partition coefficient (Wildman–Crippen LogP) is 3.62. The van der Waals surface area contributed by atoms with Crippen LogP contribution in [0.3, 0.4) is 0 Å². The molecule has 3 aromatic rings. The van der Waals surface area contributed by atoms with Crippen molar-refractivity contribution in [3.05, 3.63) is 66.0 Å². The van der Waals surface area contributed by atoms with Crippen LogP contribution < -0.4 is 0 Å². The number of amides is 1. The van der Waals surface area contributed by atoms with E-state index >= 15 is 0 Å². The van der Waals surface area contributed by atoms with Gasteiger partial charge in [0.2, 0.25) is 6.43 Å². The second-order valence-corrected chi connectivity index (χ2v) is 10.5. The van der Waals surface area contributed by atoms with Gasteiger partial charge in [-0.15, -0.1) is 0 Å². The number of piperidine rings is 1. The number of rotatable bonds is 7. The van der Waals surface area contributed by atoms with Crippen molar-refractivity contribution in [1.82, 2.24) is 14.9 Å². The first-order chi connectivity index (χ1) is 16.2. The number of hydrogen-bond donors (Lipinski definition) is 1. The summed E-state index contributed by atoms with van der Waals surface area (Å²) in [7, 11) is -3.70. The third-order valence-corrected chi connectivity index (χ3v) is 7.88. The van der Waals surface area contributed by atoms with E-state index in [9.17, 15) is 27.1 Å². The molecule has 1 aromatic heterocycles. The molecule has 1 aliphatic rings. The molecule has 0 bridgehead atoms. The first-order valence-electron chi connectivity index (χ1n) is 11.0. The Balaban J connectivity index is 1.42. The van der Waals surface area contributed by atoms with Crippen molar-refractivity contribution < 1.29 is 27.1 Å². The number of benzene rings is 2. The van der Waals surface area contributed by atoms with Gasteiger partial charge in [0.25, 0.3) is 5.91 Å². The maximum atomic E-state index is 13.0. The lowest BCUT2D eigenvalue weighted by Gasteiger charge is -2.38. The Morgan fingerprint density at radius 3 is 2.41 bits per heavy atom. The fraction of sp³-hybridized carbons (Fsp3) is 0.375. The third-order valence-electron chi connectivity index (χ3n) is 6.16. The van der Waals surface area contributed by atoms with Gasteiger partial charge >= 0.3 is 0 Å². The molecule has 10 heteroatoms. The highest BCUT2D eigenvalue weighted by atomic mass is 32.2. The molecule has 0 aliphatic carbocycles. The number of carbonyl (C=O) groups is 1. The molecular formula is C24H25F2N3O4S. The van der Waals surface area contributed by atoms with Gasteiger partial charge in [0, 0.05) is 37.5 Å². The van der Waals surface area contributed by atoms with Crippen molar-refractivity contribution in [3.8, 4) is 0 Å². The average molecular weight is 490 g/mol. The minimum atomic E-state index is -3.70. The van der Waals surface area contributed by atoms with Crippen LogP contribution >= 0.6 is 0 Å². The zero-order chi connectivity index (χ0) is 24.3. The van der Waals surface area contributed by atoms with E-state index in [0.717, 1.165) is 0 Å². The van der Waals surface area contributed by atoms with Gasteiger partial charge in [-0.2, -0.15) is 0 Å². The van der Waals surface area contributed by atoms with Crippen LogP contribution in [0.5, 0.6) is 0 Å². The zero-order valence-electron chi connectivity index (χ0n) is 18.4. The van der Waals surface area contributed by atoms with Crippen LogP contribution in [-0.2, 0) is 15.6 Å². The van der Waals surface area contributed by atoms with Crippen LogP contribution in [0.1, 0.15) is 41.6 Å². The quantitative estimate of drug-likeness (QED) is 0.544. The summed E-state index contributed by atoms with van der Waals surface area (Å²) in [5.41, 5.74) is 0.562. The number of aromatic nitrogens is 2. The topological polar surface area (TPSA) is 100 Å². The van der Waals surface area contributed by atoms with Gasteiger partial charge in [-0.1, -0.05) is 18.2 Å². The van der Waals surface area contributed by atoms with Gasteiger partial charge in [-0.05, 0) is 49.1 Å². The van der Waals surface area contributed by atoms with Gasteiger partial charge in [-0.3, -0.25) is 14.8 Å². The zero-order valence-corrected chi connectivity index (χ0v) is 19.2. The number of likely N-dealkylation sites (tertiary alicyclic amines) is 1. The summed E-state index contributed by atoms with van der Waals surface area (Å²) >= 11 is 0. The maximum absolute atomic E-state index is 13.0. The highest BCUT2D eigenvalue weighted by Crippen LogP contribution is 2.29. The number of aliphatic hydroxyl groups is 1. The second-order valence-electron chi connectivity index (χ2n) is 8.58. The maximum Gasteiger partial charge on any atom is 0.253 e. The molecular weight excluding hydrogens is 464 g/mol. The van der Waals surface area contributed by atoms with E-state index in [1.165, 1.54) is 18.5 Å². The summed E-state index contributed by atoms with van der Waals surface area (Å²) in [5, 5.41) is 10.5. The van der Waals surface area contributed by atoms with E-state index in [0.29, 0.717) is 22.2 Å². The van der Waals surface area contributed by atoms with Gasteiger partial charge in [-0.25, -0.2) is 17.2 Å². The van der Waals surface area contributed by atoms with Gasteiger partial charge in [0.1, 0.15) is 5.52 Å². The molecule has 0 radical (unpaired) electrons. The first kappa shape index (κ1) is 24.2. The van der Waals surface area contributed by atoms with Crippen LogP contribution in [-0.4, -0.2) is 59.4 Å². The molecule has 180 valence electrons. The monoisotopic (exact) mass is 489 g/mol. The van der Waals surface area contributed by atoms with E-state index < -0.39 is 21.9 Å². The van der Waals surface area contributed by atoms with Crippen molar-refractivity contribution in [2.45, 2.75) is 48.4 Å². The Morgan fingerprint density at radius 2 is 1.74 bits per heavy atom. The Kier molecular flexibility index (Phi) is 6.90. The highest BCUT2D eigenvalue weighted by molar-refractivity contribution is 7.90. The van der Waals surface area contributed by atoms with Crippen molar-refractivity contribution in [2.75, 3.05) is 13.1 Å². The van der Waals surface area contributed by atoms with Crippen molar-refractivity contribution >= 4 is 26.8 Å². The molecule has 1 N–H and O–H groups in total. The van der Waals surface area contributed by atoms with Gasteiger partial charge in [0.15, 0.2) is 9.84 Å². The molecule has 2 heterocycles. The van der Waals surface area contributed by atoms with Gasteiger partial charge in [0.05, 0.1) is 21.8 Å². The Labute approximate surface area is 196 Å². The van der Waals surface area contributed by atoms with Crippen molar-refractivity contribution in [2.24, 2.45) is 0 Å². The molecule has 1 saturated heterocycles. The van der Waals surface area contributed by atoms with E-state index in [4.69, 9.17) is 0 Å². The molecule has 0 unspecified atom stereocenters. The molecule has 0 saturated carbocycles. The number of para-hydroxylation sites is 1. The lowest BCUT2D eigenvalue weighted by atomic mass is 9.87. The molecule has 0 spiro atoms. The molecule has 7 nitrogen and oxygen atoms in total. The summed E-state index contributed by atoms with van der Waals surface area (Å²) in [5.74, 6) is -0.493. The SMILES string of the molecule is O=C(c1ccc(CS(=O)(=O)c2cccc3nccnc23)cc1)N1CCC(O)(CCC(F)F)CC1. The number of alkyl halides is 2. The normalized spacial score (nSPS) is 16.2. The number of fused-ring (bicyclic) bond motifs is 1. The predicted molar refractivity (Wildman–Crippen MR) is 122 cm³/mol. The Morgan fingerprint density at radius 1 is 1.06 bits per heavy atom. The molecule has 0 atom stereocenters. The summed E-state index contributed by atoms with van der Waals surface area (Å²) in [6.45, 7) is 0.549. The Hall–Kier alpha value is -2.98. The van der Waals surface area contributed by atoms with E-state index in [2.05, 4.69) is 9.97 Å². The summed E-state index contributed by atoms with van der Waals surface area (Å²) in [6.07, 6.45) is 0.631. The largest absolute Gasteiger partial charge is 0.390 e. The lowest BCUT2D eigenvalue weighted by Crippen LogP contribution is -2.46. The van der Waals surface area contributed by atoms with Crippen molar-refractivity contribution in [1.29, 1.82) is 0 Å². The van der Waals surface area contributed by atoms with E-state index in [1.807, 2.05) is 0 Å². The van der Waals surface area contributed by atoms with Crippen LogP contribution in [0.15, 0.2) is 59.8 Å². The third kappa shape index (κ3) is 5.39. The standard InChI is InChI=1S/C24H25F2N3O4S/c25-21(26)8-9-24(31)10-14-29(15-11-24)23(30)18-6-4-17(5-7-18)16-34(32,33)20-3-1-2-19-22(20)28-13-12-27-19/h1-7,12-13,21,31H,8-11,14-16H2. The Bertz CT molecular complexity index is 1270. The highest BCUT2D eigenvalue weighted by Gasteiger charge is 2.34. The average Bonchev–Trinajstić information content (AvgIpc) is 2.83. The summed E-state index contributed by atoms with van der Waals surface area (Å²) in [6, 6.07) is 11.2. The number of nitrogens with zero attached hydrogens (tertiary/aromatic N) is 3. The van der Waals surface area contributed by atoms with Crippen LogP contribution in [0.4, 0.5) is 8.78 Å². The number of halogens is 2. The molecule has 4 rings (SSSR count). The molecule has 1 amide bonds. The summed E-state index contributed by atoms with van der Waals surface area (Å²) in [4.78, 5) is 22.8. The molecule has 1 fully saturated rings. The fourth-order valence-corrected chi connectivity index (χ4v) is 5.72. The van der Waals surface area contributed by atoms with E-state index in [-0.39, 0.29) is 55.3 Å². The van der Waals surface area contributed by atoms with Crippen LogP contribution in [0.2, 0.25) is 0 Å². The fourth-order valence-electron chi connectivity index (χ4n) is 4.19. The van der Waals surface area contributed by atoms with Crippen molar-refractivity contribution in [3.63, 3.8) is 0 Å². The molecule has 1 aliphatic heterocycles. The minimum Gasteiger partial charge on any atom is -0.390 e. The first-order valence-corrected chi connectivity index (χ1v) is 12.6. The summed E-state index contributed by atoms with van der Waals surface area (Å²) < 4.78 is 51.0.